The zero-order valence-corrected chi connectivity index (χ0v) is 12.6. The molecule has 0 spiro atoms. The van der Waals surface area contributed by atoms with E-state index in [1.807, 2.05) is 24.9 Å². The lowest BCUT2D eigenvalue weighted by atomic mass is 9.85. The lowest BCUT2D eigenvalue weighted by Gasteiger charge is -2.31. The van der Waals surface area contributed by atoms with Gasteiger partial charge >= 0.3 is 0 Å². The summed E-state index contributed by atoms with van der Waals surface area (Å²) >= 11 is 1.80. The van der Waals surface area contributed by atoms with Crippen LogP contribution in [0.5, 0.6) is 0 Å². The standard InChI is InChI=1S/C13H22N4S/c1-9-10(8-17(5)16-9)14-12-15-11(6-7-18-12)13(2,3)4/h8,11H,6-7H2,1-5H3,(H,14,15). The molecule has 0 saturated heterocycles. The Morgan fingerprint density at radius 2 is 2.17 bits per heavy atom. The van der Waals surface area contributed by atoms with Crippen LogP contribution < -0.4 is 5.32 Å². The minimum absolute atomic E-state index is 0.234. The summed E-state index contributed by atoms with van der Waals surface area (Å²) in [6.07, 6.45) is 3.16. The van der Waals surface area contributed by atoms with Crippen LogP contribution in [0.25, 0.3) is 0 Å². The molecule has 0 aliphatic carbocycles. The van der Waals surface area contributed by atoms with Crippen LogP contribution >= 0.6 is 11.8 Å². The zero-order chi connectivity index (χ0) is 13.3. The fraction of sp³-hybridized carbons (Fsp3) is 0.692. The van der Waals surface area contributed by atoms with Gasteiger partial charge in [0.25, 0.3) is 0 Å². The van der Waals surface area contributed by atoms with Crippen molar-refractivity contribution in [1.82, 2.24) is 9.78 Å². The summed E-state index contributed by atoms with van der Waals surface area (Å²) in [5.74, 6) is 1.13. The van der Waals surface area contributed by atoms with Crippen molar-refractivity contribution in [3.05, 3.63) is 11.9 Å². The second-order valence-corrected chi connectivity index (χ2v) is 6.96. The minimum Gasteiger partial charge on any atom is -0.332 e. The summed E-state index contributed by atoms with van der Waals surface area (Å²) in [5.41, 5.74) is 2.30. The van der Waals surface area contributed by atoms with E-state index >= 15 is 0 Å². The van der Waals surface area contributed by atoms with E-state index in [0.29, 0.717) is 6.04 Å². The molecule has 0 aromatic carbocycles. The first-order chi connectivity index (χ1) is 8.36. The van der Waals surface area contributed by atoms with Gasteiger partial charge in [0, 0.05) is 19.0 Å². The molecule has 0 fully saturated rings. The zero-order valence-electron chi connectivity index (χ0n) is 11.8. The van der Waals surface area contributed by atoms with Crippen LogP contribution in [0.2, 0.25) is 0 Å². The van der Waals surface area contributed by atoms with Crippen molar-refractivity contribution < 1.29 is 0 Å². The van der Waals surface area contributed by atoms with Gasteiger partial charge in [-0.05, 0) is 18.8 Å². The van der Waals surface area contributed by atoms with Crippen molar-refractivity contribution in [2.45, 2.75) is 40.2 Å². The summed E-state index contributed by atoms with van der Waals surface area (Å²) in [6.45, 7) is 8.77. The molecule has 0 saturated carbocycles. The van der Waals surface area contributed by atoms with Crippen LogP contribution in [0.3, 0.4) is 0 Å². The molecule has 4 nitrogen and oxygen atoms in total. The first-order valence-corrected chi connectivity index (χ1v) is 7.32. The average Bonchev–Trinajstić information content (AvgIpc) is 2.56. The second kappa shape index (κ2) is 4.96. The molecular weight excluding hydrogens is 244 g/mol. The lowest BCUT2D eigenvalue weighted by molar-refractivity contribution is 0.316. The average molecular weight is 266 g/mol. The van der Waals surface area contributed by atoms with E-state index in [1.165, 1.54) is 0 Å². The molecule has 1 atom stereocenters. The summed E-state index contributed by atoms with van der Waals surface area (Å²) in [6, 6.07) is 0.401. The quantitative estimate of drug-likeness (QED) is 0.849. The first kappa shape index (κ1) is 13.5. The molecular formula is C13H22N4S. The maximum absolute atomic E-state index is 4.83. The number of amidine groups is 1. The Kier molecular flexibility index (Phi) is 3.71. The molecule has 1 aliphatic heterocycles. The molecule has 1 aromatic rings. The van der Waals surface area contributed by atoms with Gasteiger partial charge in [-0.3, -0.25) is 9.67 Å². The van der Waals surface area contributed by atoms with Crippen LogP contribution in [0.1, 0.15) is 32.9 Å². The van der Waals surface area contributed by atoms with Crippen LogP contribution in [0.15, 0.2) is 11.2 Å². The highest BCUT2D eigenvalue weighted by Crippen LogP contribution is 2.31. The first-order valence-electron chi connectivity index (χ1n) is 6.34. The summed E-state index contributed by atoms with van der Waals surface area (Å²) < 4.78 is 1.83. The molecule has 100 valence electrons. The molecule has 1 aromatic heterocycles. The number of rotatable bonds is 1. The maximum Gasteiger partial charge on any atom is 0.161 e. The van der Waals surface area contributed by atoms with Crippen molar-refractivity contribution in [3.63, 3.8) is 0 Å². The van der Waals surface area contributed by atoms with E-state index in [-0.39, 0.29) is 5.41 Å². The van der Waals surface area contributed by atoms with Crippen molar-refractivity contribution in [2.24, 2.45) is 17.5 Å². The van der Waals surface area contributed by atoms with Crippen LogP contribution in [0, 0.1) is 12.3 Å². The molecule has 0 amide bonds. The van der Waals surface area contributed by atoms with Gasteiger partial charge in [0.2, 0.25) is 0 Å². The molecule has 0 bridgehead atoms. The predicted octanol–water partition coefficient (Wildman–Crippen LogP) is 3.05. The van der Waals surface area contributed by atoms with Crippen LogP contribution in [0.4, 0.5) is 5.69 Å². The van der Waals surface area contributed by atoms with Gasteiger partial charge in [0.05, 0.1) is 17.4 Å². The third-order valence-corrected chi connectivity index (χ3v) is 4.08. The van der Waals surface area contributed by atoms with Gasteiger partial charge in [0.15, 0.2) is 5.17 Å². The fourth-order valence-corrected chi connectivity index (χ4v) is 2.96. The Balaban J connectivity index is 2.14. The largest absolute Gasteiger partial charge is 0.332 e. The molecule has 1 N–H and O–H groups in total. The Morgan fingerprint density at radius 1 is 1.44 bits per heavy atom. The molecule has 2 rings (SSSR count). The highest BCUT2D eigenvalue weighted by Gasteiger charge is 2.27. The lowest BCUT2D eigenvalue weighted by Crippen LogP contribution is -2.30. The number of nitrogens with zero attached hydrogens (tertiary/aromatic N) is 3. The number of aromatic nitrogens is 2. The molecule has 2 heterocycles. The van der Waals surface area contributed by atoms with Crippen molar-refractivity contribution in [3.8, 4) is 0 Å². The van der Waals surface area contributed by atoms with Crippen LogP contribution in [-0.4, -0.2) is 26.7 Å². The van der Waals surface area contributed by atoms with Gasteiger partial charge in [-0.25, -0.2) is 0 Å². The van der Waals surface area contributed by atoms with E-state index in [2.05, 4.69) is 31.2 Å². The van der Waals surface area contributed by atoms with E-state index in [1.54, 1.807) is 11.8 Å². The van der Waals surface area contributed by atoms with Crippen molar-refractivity contribution in [1.29, 1.82) is 0 Å². The fourth-order valence-electron chi connectivity index (χ4n) is 2.04. The molecule has 0 radical (unpaired) electrons. The molecule has 5 heteroatoms. The van der Waals surface area contributed by atoms with E-state index in [0.717, 1.165) is 28.7 Å². The van der Waals surface area contributed by atoms with Gasteiger partial charge in [-0.2, -0.15) is 5.10 Å². The van der Waals surface area contributed by atoms with Gasteiger partial charge in [-0.1, -0.05) is 32.5 Å². The number of thioether (sulfide) groups is 1. The Morgan fingerprint density at radius 3 is 2.72 bits per heavy atom. The predicted molar refractivity (Wildman–Crippen MR) is 79.3 cm³/mol. The van der Waals surface area contributed by atoms with Crippen molar-refractivity contribution >= 4 is 22.6 Å². The third-order valence-electron chi connectivity index (χ3n) is 3.16. The maximum atomic E-state index is 4.83. The number of anilines is 1. The smallest absolute Gasteiger partial charge is 0.161 e. The van der Waals surface area contributed by atoms with E-state index in [9.17, 15) is 0 Å². The highest BCUT2D eigenvalue weighted by atomic mass is 32.2. The number of hydrogen-bond acceptors (Lipinski definition) is 4. The summed E-state index contributed by atoms with van der Waals surface area (Å²) in [7, 11) is 1.94. The van der Waals surface area contributed by atoms with Gasteiger partial charge in [0.1, 0.15) is 0 Å². The topological polar surface area (TPSA) is 42.2 Å². The summed E-state index contributed by atoms with van der Waals surface area (Å²) in [4.78, 5) is 4.83. The Hall–Kier alpha value is -0.970. The number of aliphatic imine (C=N–C) groups is 1. The Labute approximate surface area is 113 Å². The normalized spacial score (nSPS) is 20.7. The second-order valence-electron chi connectivity index (χ2n) is 5.88. The SMILES string of the molecule is Cc1nn(C)cc1NC1=NC(C(C)(C)C)CCS1. The molecule has 1 aliphatic rings. The third kappa shape index (κ3) is 3.07. The molecule has 1 unspecified atom stereocenters. The van der Waals surface area contributed by atoms with Crippen molar-refractivity contribution in [2.75, 3.05) is 11.1 Å². The number of nitrogens with one attached hydrogen (secondary N) is 1. The number of hydrogen-bond donors (Lipinski definition) is 1. The van der Waals surface area contributed by atoms with E-state index < -0.39 is 0 Å². The van der Waals surface area contributed by atoms with Gasteiger partial charge < -0.3 is 5.32 Å². The van der Waals surface area contributed by atoms with E-state index in [4.69, 9.17) is 4.99 Å². The van der Waals surface area contributed by atoms with Crippen LogP contribution in [-0.2, 0) is 7.05 Å². The minimum atomic E-state index is 0.234. The highest BCUT2D eigenvalue weighted by molar-refractivity contribution is 8.14. The number of aryl methyl sites for hydroxylation is 2. The monoisotopic (exact) mass is 266 g/mol. The summed E-state index contributed by atoms with van der Waals surface area (Å²) in [5, 5.41) is 8.76. The molecule has 18 heavy (non-hydrogen) atoms. The van der Waals surface area contributed by atoms with Gasteiger partial charge in [-0.15, -0.1) is 0 Å². The Bertz CT molecular complexity index is 456.